The molecule has 0 saturated carbocycles. The Kier molecular flexibility index (Phi) is 6.10. The number of nitrogens with zero attached hydrogens (tertiary/aromatic N) is 1. The summed E-state index contributed by atoms with van der Waals surface area (Å²) in [5.74, 6) is -1.78. The van der Waals surface area contributed by atoms with E-state index in [-0.39, 0.29) is 17.9 Å². The summed E-state index contributed by atoms with van der Waals surface area (Å²) < 4.78 is 5.60. The van der Waals surface area contributed by atoms with Gasteiger partial charge in [-0.2, -0.15) is 0 Å². The van der Waals surface area contributed by atoms with E-state index >= 15 is 0 Å². The van der Waals surface area contributed by atoms with E-state index in [1.165, 1.54) is 22.2 Å². The standard InChI is InChI=1S/C26H24N2O6S/c1-14-13-28-23(30)21(24(28)35-22(14)25(31)32)27-20(29)12-17-5-2-3-8-19(17)26(33)34-18-10-9-15-6-4-7-16(15)11-18/h2-3,5,8-11,13,21-22,24H,4,6-7,12H2,1H3,(H,27,29)(H,31,32)/t21?,22?,24-/m1/s1. The monoisotopic (exact) mass is 492 g/mol. The Bertz CT molecular complexity index is 1270. The number of fused-ring (bicyclic) bond motifs is 2. The van der Waals surface area contributed by atoms with Crippen molar-refractivity contribution < 1.29 is 29.0 Å². The maximum Gasteiger partial charge on any atom is 0.343 e. The Hall–Kier alpha value is -3.59. The zero-order valence-electron chi connectivity index (χ0n) is 19.0. The summed E-state index contributed by atoms with van der Waals surface area (Å²) in [6.07, 6.45) is 4.52. The number of ether oxygens (including phenoxy) is 1. The Morgan fingerprint density at radius 1 is 1.14 bits per heavy atom. The Labute approximate surface area is 206 Å². The zero-order chi connectivity index (χ0) is 24.7. The molecule has 180 valence electrons. The average molecular weight is 493 g/mol. The normalized spacial score (nSPS) is 22.4. The van der Waals surface area contributed by atoms with Crippen LogP contribution in [0.1, 0.15) is 40.4 Å². The molecular weight excluding hydrogens is 468 g/mol. The van der Waals surface area contributed by atoms with E-state index in [0.29, 0.717) is 16.9 Å². The fraction of sp³-hybridized carbons (Fsp3) is 0.308. The molecule has 5 rings (SSSR count). The minimum atomic E-state index is -0.983. The van der Waals surface area contributed by atoms with Crippen LogP contribution in [0.3, 0.4) is 0 Å². The molecule has 0 spiro atoms. The van der Waals surface area contributed by atoms with Gasteiger partial charge < -0.3 is 20.1 Å². The van der Waals surface area contributed by atoms with Crippen molar-refractivity contribution in [2.75, 3.05) is 0 Å². The van der Waals surface area contributed by atoms with Crippen molar-refractivity contribution in [2.24, 2.45) is 0 Å². The van der Waals surface area contributed by atoms with Crippen molar-refractivity contribution in [3.05, 3.63) is 76.5 Å². The van der Waals surface area contributed by atoms with Crippen molar-refractivity contribution in [2.45, 2.75) is 49.3 Å². The fourth-order valence-corrected chi connectivity index (χ4v) is 6.04. The average Bonchev–Trinajstić information content (AvgIpc) is 3.30. The van der Waals surface area contributed by atoms with Crippen molar-refractivity contribution in [3.8, 4) is 5.75 Å². The molecule has 2 aromatic rings. The third-order valence-electron chi connectivity index (χ3n) is 6.52. The molecule has 0 radical (unpaired) electrons. The van der Waals surface area contributed by atoms with Crippen LogP contribution in [-0.2, 0) is 33.6 Å². The molecule has 0 aromatic heterocycles. The number of esters is 1. The predicted octanol–water partition coefficient (Wildman–Crippen LogP) is 2.69. The second-order valence-corrected chi connectivity index (χ2v) is 10.1. The topological polar surface area (TPSA) is 113 Å². The van der Waals surface area contributed by atoms with E-state index < -0.39 is 34.5 Å². The molecule has 2 unspecified atom stereocenters. The van der Waals surface area contributed by atoms with E-state index in [9.17, 15) is 24.3 Å². The summed E-state index contributed by atoms with van der Waals surface area (Å²) in [5.41, 5.74) is 3.81. The Morgan fingerprint density at radius 3 is 2.71 bits per heavy atom. The van der Waals surface area contributed by atoms with Gasteiger partial charge in [0, 0.05) is 6.20 Å². The van der Waals surface area contributed by atoms with Crippen LogP contribution in [-0.4, -0.2) is 50.4 Å². The number of carboxylic acid groups (broad SMARTS) is 1. The summed E-state index contributed by atoms with van der Waals surface area (Å²) in [7, 11) is 0. The van der Waals surface area contributed by atoms with Gasteiger partial charge in [0.2, 0.25) is 5.91 Å². The first kappa shape index (κ1) is 23.2. The van der Waals surface area contributed by atoms with Crippen molar-refractivity contribution in [1.82, 2.24) is 10.2 Å². The smallest absolute Gasteiger partial charge is 0.343 e. The molecular formula is C26H24N2O6S. The molecule has 35 heavy (non-hydrogen) atoms. The lowest BCUT2D eigenvalue weighted by atomic mass is 10.0. The first-order valence-electron chi connectivity index (χ1n) is 11.4. The zero-order valence-corrected chi connectivity index (χ0v) is 19.8. The van der Waals surface area contributed by atoms with Gasteiger partial charge in [0.1, 0.15) is 22.4 Å². The maximum atomic E-state index is 12.9. The van der Waals surface area contributed by atoms with Gasteiger partial charge in [0.15, 0.2) is 0 Å². The fourth-order valence-electron chi connectivity index (χ4n) is 4.73. The number of β-lactam (4-membered cyclic amide) rings is 1. The number of carboxylic acids is 1. The van der Waals surface area contributed by atoms with Crippen LogP contribution >= 0.6 is 11.8 Å². The maximum absolute atomic E-state index is 12.9. The van der Waals surface area contributed by atoms with Crippen LogP contribution in [0.25, 0.3) is 0 Å². The lowest BCUT2D eigenvalue weighted by Crippen LogP contribution is -2.69. The summed E-state index contributed by atoms with van der Waals surface area (Å²) in [4.78, 5) is 51.1. The van der Waals surface area contributed by atoms with Gasteiger partial charge >= 0.3 is 11.9 Å². The number of nitrogens with one attached hydrogen (secondary N) is 1. The van der Waals surface area contributed by atoms with E-state index in [1.54, 1.807) is 37.3 Å². The highest BCUT2D eigenvalue weighted by molar-refractivity contribution is 8.01. The quantitative estimate of drug-likeness (QED) is 0.362. The van der Waals surface area contributed by atoms with E-state index in [1.807, 2.05) is 12.1 Å². The minimum Gasteiger partial charge on any atom is -0.480 e. The second kappa shape index (κ2) is 9.22. The number of hydrogen-bond acceptors (Lipinski definition) is 6. The van der Waals surface area contributed by atoms with Gasteiger partial charge in [-0.3, -0.25) is 14.4 Å². The van der Waals surface area contributed by atoms with Gasteiger partial charge in [-0.25, -0.2) is 4.79 Å². The molecule has 2 heterocycles. The number of aliphatic carboxylic acids is 1. The molecule has 2 amide bonds. The molecule has 9 heteroatoms. The number of carbonyl (C=O) groups is 4. The second-order valence-electron chi connectivity index (χ2n) is 8.92. The van der Waals surface area contributed by atoms with Gasteiger partial charge in [0.25, 0.3) is 5.91 Å². The SMILES string of the molecule is CC1=CN2C(=O)C(NC(=O)Cc3ccccc3C(=O)Oc3ccc4c(c3)CCC4)[C@H]2SC1C(=O)O. The van der Waals surface area contributed by atoms with E-state index in [4.69, 9.17) is 4.74 Å². The van der Waals surface area contributed by atoms with Gasteiger partial charge in [-0.05, 0) is 66.6 Å². The lowest BCUT2D eigenvalue weighted by Gasteiger charge is -2.48. The largest absolute Gasteiger partial charge is 0.480 e. The van der Waals surface area contributed by atoms with Crippen LogP contribution in [0.5, 0.6) is 5.75 Å². The summed E-state index contributed by atoms with van der Waals surface area (Å²) in [6, 6.07) is 11.6. The van der Waals surface area contributed by atoms with E-state index in [0.717, 1.165) is 31.0 Å². The van der Waals surface area contributed by atoms with Crippen LogP contribution in [0.15, 0.2) is 54.2 Å². The number of thioether (sulfide) groups is 1. The molecule has 1 aliphatic carbocycles. The summed E-state index contributed by atoms with van der Waals surface area (Å²) in [6.45, 7) is 1.67. The minimum absolute atomic E-state index is 0.117. The number of carbonyl (C=O) groups excluding carboxylic acids is 3. The third-order valence-corrected chi connectivity index (χ3v) is 8.14. The molecule has 1 fully saturated rings. The highest BCUT2D eigenvalue weighted by Gasteiger charge is 2.52. The van der Waals surface area contributed by atoms with Gasteiger partial charge in [-0.1, -0.05) is 24.3 Å². The Morgan fingerprint density at radius 2 is 1.91 bits per heavy atom. The summed E-state index contributed by atoms with van der Waals surface area (Å²) in [5, 5.41) is 10.9. The molecule has 2 N–H and O–H groups in total. The van der Waals surface area contributed by atoms with Crippen molar-refractivity contribution in [1.29, 1.82) is 0 Å². The molecule has 3 aliphatic rings. The highest BCUT2D eigenvalue weighted by Crippen LogP contribution is 2.40. The Balaban J connectivity index is 1.25. The molecule has 2 aliphatic heterocycles. The molecule has 1 saturated heterocycles. The van der Waals surface area contributed by atoms with Crippen LogP contribution < -0.4 is 10.1 Å². The van der Waals surface area contributed by atoms with Crippen LogP contribution in [0.2, 0.25) is 0 Å². The predicted molar refractivity (Wildman–Crippen MR) is 129 cm³/mol. The van der Waals surface area contributed by atoms with Crippen LogP contribution in [0, 0.1) is 0 Å². The number of rotatable bonds is 6. The molecule has 0 bridgehead atoms. The number of hydrogen-bond donors (Lipinski definition) is 2. The van der Waals surface area contributed by atoms with Crippen LogP contribution in [0.4, 0.5) is 0 Å². The molecule has 3 atom stereocenters. The number of aryl methyl sites for hydroxylation is 2. The molecule has 2 aromatic carbocycles. The summed E-state index contributed by atoms with van der Waals surface area (Å²) >= 11 is 1.12. The van der Waals surface area contributed by atoms with E-state index in [2.05, 4.69) is 5.32 Å². The highest BCUT2D eigenvalue weighted by atomic mass is 32.2. The van der Waals surface area contributed by atoms with Crippen molar-refractivity contribution in [3.63, 3.8) is 0 Å². The van der Waals surface area contributed by atoms with Crippen molar-refractivity contribution >= 4 is 35.5 Å². The van der Waals surface area contributed by atoms with Gasteiger partial charge in [-0.15, -0.1) is 11.8 Å². The lowest BCUT2D eigenvalue weighted by molar-refractivity contribution is -0.145. The first-order valence-corrected chi connectivity index (χ1v) is 12.4. The number of amides is 2. The first-order chi connectivity index (χ1) is 16.8. The molecule has 8 nitrogen and oxygen atoms in total. The number of benzene rings is 2. The van der Waals surface area contributed by atoms with Gasteiger partial charge in [0.05, 0.1) is 12.0 Å². The third kappa shape index (κ3) is 4.43.